The highest BCUT2D eigenvalue weighted by atomic mass is 35.5. The zero-order valence-electron chi connectivity index (χ0n) is 11.9. The first-order chi connectivity index (χ1) is 10.0. The summed E-state index contributed by atoms with van der Waals surface area (Å²) in [4.78, 5) is 15.4. The fourth-order valence-electron chi connectivity index (χ4n) is 2.08. The van der Waals surface area contributed by atoms with Crippen LogP contribution in [0.25, 0.3) is 11.0 Å². The summed E-state index contributed by atoms with van der Waals surface area (Å²) < 4.78 is 2.09. The topological polar surface area (TPSA) is 55.1 Å². The summed E-state index contributed by atoms with van der Waals surface area (Å²) in [6.07, 6.45) is 0. The molecule has 0 saturated heterocycles. The molecule has 7 heteroatoms. The number of hydrogen-bond donors (Lipinski definition) is 1. The van der Waals surface area contributed by atoms with Gasteiger partial charge in [-0.15, -0.1) is 0 Å². The highest BCUT2D eigenvalue weighted by Crippen LogP contribution is 2.32. The van der Waals surface area contributed by atoms with Gasteiger partial charge in [0.2, 0.25) is 0 Å². The van der Waals surface area contributed by atoms with E-state index >= 15 is 0 Å². The molecule has 0 amide bonds. The quantitative estimate of drug-likeness (QED) is 0.763. The van der Waals surface area contributed by atoms with Crippen LogP contribution < -0.4 is 0 Å². The van der Waals surface area contributed by atoms with Crippen LogP contribution in [-0.4, -0.2) is 37.9 Å². The fourth-order valence-corrected chi connectivity index (χ4v) is 3.84. The van der Waals surface area contributed by atoms with Crippen LogP contribution in [0.5, 0.6) is 0 Å². The molecule has 1 N–H and O–H groups in total. The first kappa shape index (κ1) is 16.5. The number of carbonyl (C=O) groups is 1. The number of halogens is 1. The summed E-state index contributed by atoms with van der Waals surface area (Å²) >= 11 is 9.30. The minimum Gasteiger partial charge on any atom is -0.481 e. The Balaban J connectivity index is 2.44. The molecule has 0 radical (unpaired) electrons. The van der Waals surface area contributed by atoms with E-state index in [0.717, 1.165) is 22.5 Å². The van der Waals surface area contributed by atoms with Crippen molar-refractivity contribution >= 4 is 52.1 Å². The van der Waals surface area contributed by atoms with Gasteiger partial charge in [0.05, 0.1) is 16.3 Å². The number of carboxylic acid groups (broad SMARTS) is 1. The monoisotopic (exact) mass is 344 g/mol. The van der Waals surface area contributed by atoms with E-state index in [1.165, 1.54) is 11.8 Å². The molecule has 0 aliphatic rings. The van der Waals surface area contributed by atoms with Gasteiger partial charge in [0.25, 0.3) is 0 Å². The molecule has 1 atom stereocenters. The molecule has 0 aliphatic heterocycles. The van der Waals surface area contributed by atoms with Gasteiger partial charge >= 0.3 is 5.97 Å². The number of carboxylic acids is 1. The van der Waals surface area contributed by atoms with Crippen LogP contribution in [0.1, 0.15) is 19.9 Å². The summed E-state index contributed by atoms with van der Waals surface area (Å²) in [5, 5.41) is 10.2. The van der Waals surface area contributed by atoms with Crippen molar-refractivity contribution in [2.45, 2.75) is 25.0 Å². The summed E-state index contributed by atoms with van der Waals surface area (Å²) in [6.45, 7) is 4.25. The second-order valence-electron chi connectivity index (χ2n) is 4.56. The summed E-state index contributed by atoms with van der Waals surface area (Å²) in [5.74, 6) is 1.15. The van der Waals surface area contributed by atoms with Gasteiger partial charge in [-0.25, -0.2) is 4.98 Å². The molecule has 1 heterocycles. The standard InChI is InChI=1S/C14H17ClN2O2S2/c1-3-20-7-9(2)17-11-6-4-5-10(15)13(11)16-14(17)21-8-12(18)19/h4-6,9H,3,7-8H2,1-2H3,(H,18,19). The van der Waals surface area contributed by atoms with Gasteiger partial charge in [0.15, 0.2) is 5.16 Å². The Hall–Kier alpha value is -0.850. The Labute approximate surface area is 137 Å². The number of hydrogen-bond acceptors (Lipinski definition) is 4. The molecule has 21 heavy (non-hydrogen) atoms. The van der Waals surface area contributed by atoms with Crippen LogP contribution in [0, 0.1) is 0 Å². The molecule has 1 unspecified atom stereocenters. The summed E-state index contributed by atoms with van der Waals surface area (Å²) in [6, 6.07) is 5.91. The molecule has 0 bridgehead atoms. The number of aromatic nitrogens is 2. The van der Waals surface area contributed by atoms with Gasteiger partial charge < -0.3 is 9.67 Å². The highest BCUT2D eigenvalue weighted by Gasteiger charge is 2.18. The largest absolute Gasteiger partial charge is 0.481 e. The fraction of sp³-hybridized carbons (Fsp3) is 0.429. The number of rotatable bonds is 7. The third kappa shape index (κ3) is 3.87. The number of para-hydroxylation sites is 1. The van der Waals surface area contributed by atoms with Gasteiger partial charge in [-0.2, -0.15) is 11.8 Å². The molecule has 0 aliphatic carbocycles. The van der Waals surface area contributed by atoms with E-state index in [0.29, 0.717) is 10.2 Å². The van der Waals surface area contributed by atoms with Crippen LogP contribution in [0.15, 0.2) is 23.4 Å². The first-order valence-electron chi connectivity index (χ1n) is 6.63. The Kier molecular flexibility index (Phi) is 5.84. The van der Waals surface area contributed by atoms with Crippen LogP contribution in [0.2, 0.25) is 5.02 Å². The third-order valence-corrected chi connectivity index (χ3v) is 5.34. The lowest BCUT2D eigenvalue weighted by molar-refractivity contribution is -0.133. The summed E-state index contributed by atoms with van der Waals surface area (Å²) in [5.41, 5.74) is 1.69. The Morgan fingerprint density at radius 2 is 2.29 bits per heavy atom. The van der Waals surface area contributed by atoms with Crippen LogP contribution >= 0.6 is 35.1 Å². The molecular formula is C14H17ClN2O2S2. The third-order valence-electron chi connectivity index (χ3n) is 2.97. The van der Waals surface area contributed by atoms with Crippen molar-refractivity contribution in [3.8, 4) is 0 Å². The van der Waals surface area contributed by atoms with Crippen LogP contribution in [0.4, 0.5) is 0 Å². The molecule has 2 aromatic rings. The smallest absolute Gasteiger partial charge is 0.313 e. The summed E-state index contributed by atoms with van der Waals surface area (Å²) in [7, 11) is 0. The van der Waals surface area contributed by atoms with E-state index in [9.17, 15) is 4.79 Å². The van der Waals surface area contributed by atoms with Gasteiger partial charge in [0, 0.05) is 11.8 Å². The van der Waals surface area contributed by atoms with Crippen molar-refractivity contribution in [2.75, 3.05) is 17.3 Å². The van der Waals surface area contributed by atoms with Crippen molar-refractivity contribution in [3.05, 3.63) is 23.2 Å². The van der Waals surface area contributed by atoms with E-state index in [1.807, 2.05) is 23.9 Å². The maximum Gasteiger partial charge on any atom is 0.313 e. The Bertz CT molecular complexity index is 645. The predicted molar refractivity (Wildman–Crippen MR) is 90.8 cm³/mol. The minimum absolute atomic E-state index is 0.00538. The number of thioether (sulfide) groups is 2. The van der Waals surface area contributed by atoms with Crippen LogP contribution in [0.3, 0.4) is 0 Å². The molecule has 0 fully saturated rings. The van der Waals surface area contributed by atoms with Gasteiger partial charge in [0.1, 0.15) is 5.52 Å². The lowest BCUT2D eigenvalue weighted by atomic mass is 10.3. The lowest BCUT2D eigenvalue weighted by Crippen LogP contribution is -2.10. The lowest BCUT2D eigenvalue weighted by Gasteiger charge is -2.16. The number of nitrogens with zero attached hydrogens (tertiary/aromatic N) is 2. The number of aliphatic carboxylic acids is 1. The molecule has 1 aromatic carbocycles. The molecular weight excluding hydrogens is 328 g/mol. The average Bonchev–Trinajstić information content (AvgIpc) is 2.82. The van der Waals surface area contributed by atoms with Crippen molar-refractivity contribution in [2.24, 2.45) is 0 Å². The van der Waals surface area contributed by atoms with E-state index in [1.54, 1.807) is 6.07 Å². The molecule has 114 valence electrons. The van der Waals surface area contributed by atoms with E-state index < -0.39 is 5.97 Å². The second kappa shape index (κ2) is 7.42. The second-order valence-corrected chi connectivity index (χ2v) is 7.23. The average molecular weight is 345 g/mol. The SMILES string of the molecule is CCSCC(C)n1c(SCC(=O)O)nc2c(Cl)cccc21. The number of imidazole rings is 1. The first-order valence-corrected chi connectivity index (χ1v) is 9.15. The van der Waals surface area contributed by atoms with Crippen molar-refractivity contribution < 1.29 is 9.90 Å². The van der Waals surface area contributed by atoms with Gasteiger partial charge in [-0.3, -0.25) is 4.79 Å². The highest BCUT2D eigenvalue weighted by molar-refractivity contribution is 7.99. The van der Waals surface area contributed by atoms with Gasteiger partial charge in [-0.1, -0.05) is 36.4 Å². The van der Waals surface area contributed by atoms with Crippen molar-refractivity contribution in [3.63, 3.8) is 0 Å². The number of benzene rings is 1. The minimum atomic E-state index is -0.847. The van der Waals surface area contributed by atoms with Gasteiger partial charge in [-0.05, 0) is 24.8 Å². The zero-order valence-corrected chi connectivity index (χ0v) is 14.3. The molecule has 2 rings (SSSR count). The van der Waals surface area contributed by atoms with E-state index in [-0.39, 0.29) is 11.8 Å². The molecule has 1 aromatic heterocycles. The predicted octanol–water partition coefficient (Wildman–Crippen LogP) is 4.18. The normalized spacial score (nSPS) is 12.7. The van der Waals surface area contributed by atoms with E-state index in [2.05, 4.69) is 23.4 Å². The Morgan fingerprint density at radius 1 is 1.52 bits per heavy atom. The van der Waals surface area contributed by atoms with E-state index in [4.69, 9.17) is 16.7 Å². The van der Waals surface area contributed by atoms with Crippen LogP contribution in [-0.2, 0) is 4.79 Å². The van der Waals surface area contributed by atoms with Crippen molar-refractivity contribution in [1.82, 2.24) is 9.55 Å². The number of fused-ring (bicyclic) bond motifs is 1. The maximum absolute atomic E-state index is 10.8. The van der Waals surface area contributed by atoms with Crippen molar-refractivity contribution in [1.29, 1.82) is 0 Å². The Morgan fingerprint density at radius 3 is 2.95 bits per heavy atom. The maximum atomic E-state index is 10.8. The molecule has 0 saturated carbocycles. The molecule has 0 spiro atoms. The molecule has 4 nitrogen and oxygen atoms in total. The zero-order chi connectivity index (χ0) is 15.4.